The van der Waals surface area contributed by atoms with Crippen molar-refractivity contribution in [2.24, 2.45) is 0 Å². The Kier molecular flexibility index (Phi) is 4.24. The molecule has 0 spiro atoms. The second-order valence-corrected chi connectivity index (χ2v) is 5.40. The number of fused-ring (bicyclic) bond motifs is 1. The van der Waals surface area contributed by atoms with E-state index in [0.717, 1.165) is 10.9 Å². The van der Waals surface area contributed by atoms with E-state index < -0.39 is 12.1 Å². The minimum atomic E-state index is -0.914. The highest BCUT2D eigenvalue weighted by molar-refractivity contribution is 6.10. The number of H-pyrrole nitrogens is 1. The standard InChI is InChI=1S/C19H15NO4/c1-12(24-19(23)14-8-6-13(11-21)7-9-14)18(22)16-10-20-17-5-3-2-4-15(16)17/h2-12,20H,1H3/t12-/m1/s1. The Morgan fingerprint density at radius 3 is 2.50 bits per heavy atom. The monoisotopic (exact) mass is 321 g/mol. The molecular formula is C19H15NO4. The van der Waals surface area contributed by atoms with E-state index in [4.69, 9.17) is 4.74 Å². The number of carbonyl (C=O) groups excluding carboxylic acids is 3. The number of ether oxygens (including phenoxy) is 1. The molecule has 1 aromatic heterocycles. The van der Waals surface area contributed by atoms with Gasteiger partial charge in [0.05, 0.1) is 5.56 Å². The molecule has 3 rings (SSSR count). The summed E-state index contributed by atoms with van der Waals surface area (Å²) in [7, 11) is 0. The summed E-state index contributed by atoms with van der Waals surface area (Å²) in [4.78, 5) is 38.3. The fourth-order valence-corrected chi connectivity index (χ4v) is 2.47. The Hall–Kier alpha value is -3.21. The third-order valence-corrected chi connectivity index (χ3v) is 3.79. The normalized spacial score (nSPS) is 11.9. The van der Waals surface area contributed by atoms with E-state index in [0.29, 0.717) is 23.0 Å². The number of rotatable bonds is 5. The van der Waals surface area contributed by atoms with Crippen molar-refractivity contribution >= 4 is 28.9 Å². The lowest BCUT2D eigenvalue weighted by molar-refractivity contribution is 0.0319. The number of aromatic amines is 1. The van der Waals surface area contributed by atoms with Gasteiger partial charge in [-0.1, -0.05) is 30.3 Å². The number of ketones is 1. The lowest BCUT2D eigenvalue weighted by atomic mass is 10.1. The fourth-order valence-electron chi connectivity index (χ4n) is 2.47. The topological polar surface area (TPSA) is 76.2 Å². The highest BCUT2D eigenvalue weighted by Crippen LogP contribution is 2.20. The molecule has 5 heteroatoms. The van der Waals surface area contributed by atoms with Gasteiger partial charge in [-0.3, -0.25) is 9.59 Å². The van der Waals surface area contributed by atoms with Crippen LogP contribution in [0.15, 0.2) is 54.7 Å². The second-order valence-electron chi connectivity index (χ2n) is 5.40. The smallest absolute Gasteiger partial charge is 0.338 e. The molecule has 3 aromatic rings. The van der Waals surface area contributed by atoms with Gasteiger partial charge in [0.25, 0.3) is 0 Å². The number of carbonyl (C=O) groups is 3. The fraction of sp³-hybridized carbons (Fsp3) is 0.105. The molecule has 0 saturated carbocycles. The van der Waals surface area contributed by atoms with Gasteiger partial charge in [0.15, 0.2) is 6.10 Å². The maximum atomic E-state index is 12.5. The van der Waals surface area contributed by atoms with Gasteiger partial charge in [-0.05, 0) is 25.1 Å². The van der Waals surface area contributed by atoms with E-state index in [1.807, 2.05) is 24.3 Å². The lowest BCUT2D eigenvalue weighted by Gasteiger charge is -2.12. The predicted molar refractivity (Wildman–Crippen MR) is 89.3 cm³/mol. The Bertz CT molecular complexity index is 909. The number of Topliss-reactive ketones (excluding diaryl/α,β-unsaturated/α-hetero) is 1. The van der Waals surface area contributed by atoms with Gasteiger partial charge >= 0.3 is 5.97 Å². The van der Waals surface area contributed by atoms with Gasteiger partial charge in [-0.25, -0.2) is 4.79 Å². The van der Waals surface area contributed by atoms with Crippen molar-refractivity contribution in [3.05, 3.63) is 71.4 Å². The number of aromatic nitrogens is 1. The van der Waals surface area contributed by atoms with Gasteiger partial charge in [0, 0.05) is 28.2 Å². The highest BCUT2D eigenvalue weighted by atomic mass is 16.5. The number of aldehydes is 1. The van der Waals surface area contributed by atoms with Gasteiger partial charge in [-0.2, -0.15) is 0 Å². The summed E-state index contributed by atoms with van der Waals surface area (Å²) < 4.78 is 5.25. The van der Waals surface area contributed by atoms with Crippen molar-refractivity contribution in [2.75, 3.05) is 0 Å². The summed E-state index contributed by atoms with van der Waals surface area (Å²) in [5.74, 6) is -0.876. The van der Waals surface area contributed by atoms with Crippen molar-refractivity contribution in [3.8, 4) is 0 Å². The summed E-state index contributed by atoms with van der Waals surface area (Å²) >= 11 is 0. The largest absolute Gasteiger partial charge is 0.451 e. The first-order valence-corrected chi connectivity index (χ1v) is 7.46. The Labute approximate surface area is 138 Å². The molecule has 0 fully saturated rings. The van der Waals surface area contributed by atoms with Crippen molar-refractivity contribution in [2.45, 2.75) is 13.0 Å². The van der Waals surface area contributed by atoms with Crippen LogP contribution in [0.2, 0.25) is 0 Å². The summed E-state index contributed by atoms with van der Waals surface area (Å²) in [6.07, 6.45) is 1.40. The van der Waals surface area contributed by atoms with Crippen LogP contribution in [-0.4, -0.2) is 29.1 Å². The van der Waals surface area contributed by atoms with Crippen LogP contribution >= 0.6 is 0 Å². The molecule has 2 aromatic carbocycles. The summed E-state index contributed by atoms with van der Waals surface area (Å²) in [6, 6.07) is 13.5. The Morgan fingerprint density at radius 2 is 1.79 bits per heavy atom. The van der Waals surface area contributed by atoms with Crippen molar-refractivity contribution in [1.29, 1.82) is 0 Å². The highest BCUT2D eigenvalue weighted by Gasteiger charge is 2.22. The van der Waals surface area contributed by atoms with Crippen LogP contribution < -0.4 is 0 Å². The van der Waals surface area contributed by atoms with E-state index in [1.165, 1.54) is 24.3 Å². The van der Waals surface area contributed by atoms with E-state index in [2.05, 4.69) is 4.98 Å². The number of hydrogen-bond donors (Lipinski definition) is 1. The first-order valence-electron chi connectivity index (χ1n) is 7.46. The van der Waals surface area contributed by atoms with Gasteiger partial charge in [0.1, 0.15) is 6.29 Å². The predicted octanol–water partition coefficient (Wildman–Crippen LogP) is 3.41. The quantitative estimate of drug-likeness (QED) is 0.444. The molecule has 1 N–H and O–H groups in total. The van der Waals surface area contributed by atoms with Gasteiger partial charge in [0.2, 0.25) is 5.78 Å². The van der Waals surface area contributed by atoms with Crippen LogP contribution in [-0.2, 0) is 4.74 Å². The summed E-state index contributed by atoms with van der Waals surface area (Å²) in [5.41, 5.74) is 2.10. The molecule has 0 bridgehead atoms. The average Bonchev–Trinajstić information content (AvgIpc) is 3.05. The molecule has 0 aliphatic heterocycles. The summed E-state index contributed by atoms with van der Waals surface area (Å²) in [6.45, 7) is 1.54. The van der Waals surface area contributed by atoms with Crippen molar-refractivity contribution < 1.29 is 19.1 Å². The molecule has 0 amide bonds. The Balaban J connectivity index is 1.76. The van der Waals surface area contributed by atoms with E-state index in [9.17, 15) is 14.4 Å². The molecule has 24 heavy (non-hydrogen) atoms. The molecule has 0 unspecified atom stereocenters. The van der Waals surface area contributed by atoms with Crippen LogP contribution in [0.4, 0.5) is 0 Å². The zero-order valence-electron chi connectivity index (χ0n) is 13.0. The third-order valence-electron chi connectivity index (χ3n) is 3.79. The molecular weight excluding hydrogens is 306 g/mol. The number of benzene rings is 2. The molecule has 0 aliphatic rings. The maximum absolute atomic E-state index is 12.5. The van der Waals surface area contributed by atoms with E-state index in [1.54, 1.807) is 13.1 Å². The molecule has 0 aliphatic carbocycles. The minimum Gasteiger partial charge on any atom is -0.451 e. The number of hydrogen-bond acceptors (Lipinski definition) is 4. The number of para-hydroxylation sites is 1. The zero-order chi connectivity index (χ0) is 17.1. The van der Waals surface area contributed by atoms with Gasteiger partial charge < -0.3 is 9.72 Å². The van der Waals surface area contributed by atoms with Gasteiger partial charge in [-0.15, -0.1) is 0 Å². The van der Waals surface area contributed by atoms with Crippen molar-refractivity contribution in [1.82, 2.24) is 4.98 Å². The van der Waals surface area contributed by atoms with E-state index >= 15 is 0 Å². The Morgan fingerprint density at radius 1 is 1.08 bits per heavy atom. The van der Waals surface area contributed by atoms with Crippen LogP contribution in [0, 0.1) is 0 Å². The van der Waals surface area contributed by atoms with Crippen molar-refractivity contribution in [3.63, 3.8) is 0 Å². The molecule has 0 saturated heterocycles. The van der Waals surface area contributed by atoms with Crippen LogP contribution in [0.5, 0.6) is 0 Å². The molecule has 1 atom stereocenters. The SMILES string of the molecule is C[C@@H](OC(=O)c1ccc(C=O)cc1)C(=O)c1c[nH]c2ccccc12. The summed E-state index contributed by atoms with van der Waals surface area (Å²) in [5, 5.41) is 0.792. The second kappa shape index (κ2) is 6.50. The molecule has 0 radical (unpaired) electrons. The number of nitrogens with one attached hydrogen (secondary N) is 1. The zero-order valence-corrected chi connectivity index (χ0v) is 13.0. The van der Waals surface area contributed by atoms with Crippen LogP contribution in [0.25, 0.3) is 10.9 Å². The first kappa shape index (κ1) is 15.7. The number of esters is 1. The molecule has 120 valence electrons. The molecule has 5 nitrogen and oxygen atoms in total. The molecule has 1 heterocycles. The minimum absolute atomic E-state index is 0.273. The average molecular weight is 321 g/mol. The lowest BCUT2D eigenvalue weighted by Crippen LogP contribution is -2.24. The van der Waals surface area contributed by atoms with E-state index in [-0.39, 0.29) is 5.78 Å². The third kappa shape index (κ3) is 2.96. The first-order chi connectivity index (χ1) is 11.6. The van der Waals surface area contributed by atoms with Crippen LogP contribution in [0.3, 0.4) is 0 Å². The maximum Gasteiger partial charge on any atom is 0.338 e. The van der Waals surface area contributed by atoms with Crippen LogP contribution in [0.1, 0.15) is 38.0 Å².